The van der Waals surface area contributed by atoms with Crippen molar-refractivity contribution in [1.82, 2.24) is 9.97 Å². The van der Waals surface area contributed by atoms with E-state index in [1.165, 1.54) is 0 Å². The van der Waals surface area contributed by atoms with Crippen LogP contribution in [0.25, 0.3) is 0 Å². The molecule has 1 aromatic rings. The third-order valence-corrected chi connectivity index (χ3v) is 1.86. The molecule has 3 N–H and O–H groups in total. The first kappa shape index (κ1) is 12.7. The summed E-state index contributed by atoms with van der Waals surface area (Å²) < 4.78 is 10.2. The third kappa shape index (κ3) is 4.90. The molecule has 0 aromatic carbocycles. The van der Waals surface area contributed by atoms with E-state index >= 15 is 0 Å². The molecule has 0 saturated carbocycles. The smallest absolute Gasteiger partial charge is 0.233 e. The normalized spacial score (nSPS) is 10.1. The van der Waals surface area contributed by atoms with Gasteiger partial charge in [0.1, 0.15) is 5.82 Å². The summed E-state index contributed by atoms with van der Waals surface area (Å²) in [4.78, 5) is 8.15. The zero-order valence-electron chi connectivity index (χ0n) is 9.48. The number of hydrogen-bond acceptors (Lipinski definition) is 6. The van der Waals surface area contributed by atoms with Crippen molar-refractivity contribution in [2.24, 2.45) is 5.73 Å². The van der Waals surface area contributed by atoms with E-state index in [-0.39, 0.29) is 0 Å². The molecule has 6 heteroatoms. The minimum Gasteiger partial charge on any atom is -0.480 e. The Kier molecular flexibility index (Phi) is 6.20. The summed E-state index contributed by atoms with van der Waals surface area (Å²) in [6.07, 6.45) is 4.12. The van der Waals surface area contributed by atoms with Crippen LogP contribution in [0.3, 0.4) is 0 Å². The molecule has 6 nitrogen and oxygen atoms in total. The molecule has 0 fully saturated rings. The standard InChI is InChI=1S/C10H18N4O2/c1-15-10-8-12-7-9(14-10)13-4-2-5-16-6-3-11/h7-8H,2-6,11H2,1H3,(H,13,14). The lowest BCUT2D eigenvalue weighted by Crippen LogP contribution is -2.12. The van der Waals surface area contributed by atoms with Crippen molar-refractivity contribution in [3.63, 3.8) is 0 Å². The summed E-state index contributed by atoms with van der Waals surface area (Å²) in [6.45, 7) is 2.65. The molecule has 0 aliphatic heterocycles. The molecule has 0 saturated heterocycles. The highest BCUT2D eigenvalue weighted by atomic mass is 16.5. The van der Waals surface area contributed by atoms with Crippen LogP contribution in [-0.2, 0) is 4.74 Å². The average molecular weight is 226 g/mol. The highest BCUT2D eigenvalue weighted by Crippen LogP contribution is 2.07. The van der Waals surface area contributed by atoms with Crippen molar-refractivity contribution >= 4 is 5.82 Å². The van der Waals surface area contributed by atoms with Crippen LogP contribution in [0.15, 0.2) is 12.4 Å². The molecule has 90 valence electrons. The molecule has 0 atom stereocenters. The second-order valence-electron chi connectivity index (χ2n) is 3.13. The highest BCUT2D eigenvalue weighted by molar-refractivity contribution is 5.32. The monoisotopic (exact) mass is 226 g/mol. The van der Waals surface area contributed by atoms with Crippen LogP contribution in [0.4, 0.5) is 5.82 Å². The molecule has 0 spiro atoms. The Morgan fingerprint density at radius 1 is 1.38 bits per heavy atom. The van der Waals surface area contributed by atoms with Crippen molar-refractivity contribution in [3.05, 3.63) is 12.4 Å². The lowest BCUT2D eigenvalue weighted by atomic mass is 10.4. The summed E-state index contributed by atoms with van der Waals surface area (Å²) in [7, 11) is 1.56. The van der Waals surface area contributed by atoms with Crippen molar-refractivity contribution < 1.29 is 9.47 Å². The van der Waals surface area contributed by atoms with Gasteiger partial charge >= 0.3 is 0 Å². The Morgan fingerprint density at radius 3 is 3.00 bits per heavy atom. The van der Waals surface area contributed by atoms with Crippen LogP contribution in [0.5, 0.6) is 5.88 Å². The first-order valence-corrected chi connectivity index (χ1v) is 5.24. The number of rotatable bonds is 8. The largest absolute Gasteiger partial charge is 0.480 e. The van der Waals surface area contributed by atoms with Crippen LogP contribution in [0.2, 0.25) is 0 Å². The number of aromatic nitrogens is 2. The number of nitrogens with zero attached hydrogens (tertiary/aromatic N) is 2. The van der Waals surface area contributed by atoms with Gasteiger partial charge in [-0.05, 0) is 6.42 Å². The van der Waals surface area contributed by atoms with Gasteiger partial charge in [-0.25, -0.2) is 0 Å². The quantitative estimate of drug-likeness (QED) is 0.619. The van der Waals surface area contributed by atoms with Gasteiger partial charge < -0.3 is 20.5 Å². The maximum atomic E-state index is 5.29. The van der Waals surface area contributed by atoms with Crippen LogP contribution in [-0.4, -0.2) is 43.4 Å². The van der Waals surface area contributed by atoms with Crippen LogP contribution in [0, 0.1) is 0 Å². The van der Waals surface area contributed by atoms with E-state index in [0.29, 0.717) is 31.5 Å². The van der Waals surface area contributed by atoms with Crippen molar-refractivity contribution in [2.75, 3.05) is 38.7 Å². The van der Waals surface area contributed by atoms with Crippen molar-refractivity contribution in [1.29, 1.82) is 0 Å². The van der Waals surface area contributed by atoms with E-state index in [1.54, 1.807) is 19.5 Å². The molecule has 1 aromatic heterocycles. The molecule has 0 aliphatic carbocycles. The lowest BCUT2D eigenvalue weighted by molar-refractivity contribution is 0.141. The number of anilines is 1. The molecule has 16 heavy (non-hydrogen) atoms. The summed E-state index contributed by atoms with van der Waals surface area (Å²) in [6, 6.07) is 0. The maximum Gasteiger partial charge on any atom is 0.233 e. The number of nitrogens with two attached hydrogens (primary N) is 1. The van der Waals surface area contributed by atoms with Gasteiger partial charge in [0, 0.05) is 19.7 Å². The zero-order chi connectivity index (χ0) is 11.6. The number of methoxy groups -OCH3 is 1. The van der Waals surface area contributed by atoms with Gasteiger partial charge in [0.15, 0.2) is 0 Å². The van der Waals surface area contributed by atoms with E-state index in [0.717, 1.165) is 13.0 Å². The zero-order valence-corrected chi connectivity index (χ0v) is 9.48. The molecule has 0 radical (unpaired) electrons. The number of ether oxygens (including phenoxy) is 2. The van der Waals surface area contributed by atoms with Gasteiger partial charge in [0.2, 0.25) is 5.88 Å². The molecule has 0 amide bonds. The van der Waals surface area contributed by atoms with Crippen LogP contribution >= 0.6 is 0 Å². The fourth-order valence-corrected chi connectivity index (χ4v) is 1.11. The van der Waals surface area contributed by atoms with E-state index in [4.69, 9.17) is 15.2 Å². The molecule has 0 bridgehead atoms. The first-order valence-electron chi connectivity index (χ1n) is 5.24. The summed E-state index contributed by atoms with van der Waals surface area (Å²) in [5.41, 5.74) is 5.29. The Balaban J connectivity index is 2.16. The van der Waals surface area contributed by atoms with Crippen LogP contribution in [0.1, 0.15) is 6.42 Å². The molecular weight excluding hydrogens is 208 g/mol. The highest BCUT2D eigenvalue weighted by Gasteiger charge is 1.97. The molecular formula is C10H18N4O2. The Bertz CT molecular complexity index is 296. The Hall–Kier alpha value is -1.40. The Morgan fingerprint density at radius 2 is 2.25 bits per heavy atom. The van der Waals surface area contributed by atoms with Crippen LogP contribution < -0.4 is 15.8 Å². The predicted octanol–water partition coefficient (Wildman–Crippen LogP) is 0.262. The fourth-order valence-electron chi connectivity index (χ4n) is 1.11. The SMILES string of the molecule is COc1cncc(NCCCOCCN)n1. The maximum absolute atomic E-state index is 5.29. The van der Waals surface area contributed by atoms with Gasteiger partial charge in [0.05, 0.1) is 26.1 Å². The number of nitrogens with one attached hydrogen (secondary N) is 1. The summed E-state index contributed by atoms with van der Waals surface area (Å²) in [5.74, 6) is 1.21. The predicted molar refractivity (Wildman–Crippen MR) is 61.6 cm³/mol. The minimum atomic E-state index is 0.504. The fraction of sp³-hybridized carbons (Fsp3) is 0.600. The Labute approximate surface area is 95.2 Å². The van der Waals surface area contributed by atoms with Gasteiger partial charge in [-0.1, -0.05) is 0 Å². The van der Waals surface area contributed by atoms with Crippen molar-refractivity contribution in [2.45, 2.75) is 6.42 Å². The van der Waals surface area contributed by atoms with Gasteiger partial charge in [-0.15, -0.1) is 0 Å². The van der Waals surface area contributed by atoms with E-state index < -0.39 is 0 Å². The summed E-state index contributed by atoms with van der Waals surface area (Å²) >= 11 is 0. The molecule has 0 unspecified atom stereocenters. The van der Waals surface area contributed by atoms with E-state index in [2.05, 4.69) is 15.3 Å². The molecule has 1 rings (SSSR count). The minimum absolute atomic E-state index is 0.504. The van der Waals surface area contributed by atoms with Crippen molar-refractivity contribution in [3.8, 4) is 5.88 Å². The van der Waals surface area contributed by atoms with Gasteiger partial charge in [-0.2, -0.15) is 4.98 Å². The first-order chi connectivity index (χ1) is 7.86. The van der Waals surface area contributed by atoms with E-state index in [9.17, 15) is 0 Å². The molecule has 1 heterocycles. The third-order valence-electron chi connectivity index (χ3n) is 1.86. The van der Waals surface area contributed by atoms with Gasteiger partial charge in [0.25, 0.3) is 0 Å². The lowest BCUT2D eigenvalue weighted by Gasteiger charge is -2.06. The van der Waals surface area contributed by atoms with Gasteiger partial charge in [-0.3, -0.25) is 4.98 Å². The second kappa shape index (κ2) is 7.84. The summed E-state index contributed by atoms with van der Waals surface area (Å²) in [5, 5.41) is 3.13. The van der Waals surface area contributed by atoms with E-state index in [1.807, 2.05) is 0 Å². The number of hydrogen-bond donors (Lipinski definition) is 2. The average Bonchev–Trinajstić information content (AvgIpc) is 2.34. The second-order valence-corrected chi connectivity index (χ2v) is 3.13. The molecule has 0 aliphatic rings. The topological polar surface area (TPSA) is 82.3 Å².